The Bertz CT molecular complexity index is 740. The largest absolute Gasteiger partial charge is 0.497 e. The number of benzene rings is 1. The van der Waals surface area contributed by atoms with Crippen molar-refractivity contribution in [3.63, 3.8) is 0 Å². The van der Waals surface area contributed by atoms with Crippen LogP contribution in [0.4, 0.5) is 11.5 Å². The quantitative estimate of drug-likeness (QED) is 0.932. The minimum Gasteiger partial charge on any atom is -0.497 e. The summed E-state index contributed by atoms with van der Waals surface area (Å²) in [5.74, 6) is 0.888. The summed E-state index contributed by atoms with van der Waals surface area (Å²) < 4.78 is 10.1. The first kappa shape index (κ1) is 15.1. The Morgan fingerprint density at radius 1 is 1.43 bits per heavy atom. The lowest BCUT2D eigenvalue weighted by molar-refractivity contribution is -0.122. The van der Waals surface area contributed by atoms with Crippen LogP contribution in [0.5, 0.6) is 5.75 Å². The van der Waals surface area contributed by atoms with Crippen LogP contribution in [0.25, 0.3) is 0 Å². The number of ether oxygens (including phenoxy) is 1. The summed E-state index contributed by atoms with van der Waals surface area (Å²) in [6, 6.07) is 8.85. The molecule has 0 spiro atoms. The molecule has 1 atom stereocenters. The van der Waals surface area contributed by atoms with E-state index < -0.39 is 5.92 Å². The molecule has 1 N–H and O–H groups in total. The molecule has 2 amide bonds. The Morgan fingerprint density at radius 3 is 2.96 bits per heavy atom. The van der Waals surface area contributed by atoms with Gasteiger partial charge in [-0.25, -0.2) is 0 Å². The van der Waals surface area contributed by atoms with Gasteiger partial charge in [0.1, 0.15) is 11.5 Å². The van der Waals surface area contributed by atoms with Crippen LogP contribution in [0.3, 0.4) is 0 Å². The summed E-state index contributed by atoms with van der Waals surface area (Å²) in [5.41, 5.74) is 0.724. The fourth-order valence-corrected chi connectivity index (χ4v) is 2.56. The van der Waals surface area contributed by atoms with Crippen LogP contribution in [0.15, 0.2) is 34.9 Å². The molecule has 0 aliphatic carbocycles. The summed E-state index contributed by atoms with van der Waals surface area (Å²) in [5, 5.41) is 6.40. The summed E-state index contributed by atoms with van der Waals surface area (Å²) in [4.78, 5) is 26.1. The van der Waals surface area contributed by atoms with Crippen molar-refractivity contribution >= 4 is 23.3 Å². The summed E-state index contributed by atoms with van der Waals surface area (Å²) in [7, 11) is 1.57. The third kappa shape index (κ3) is 3.18. The van der Waals surface area contributed by atoms with Gasteiger partial charge in [-0.15, -0.1) is 0 Å². The van der Waals surface area contributed by atoms with Crippen molar-refractivity contribution < 1.29 is 18.8 Å². The third-order valence-electron chi connectivity index (χ3n) is 3.74. The van der Waals surface area contributed by atoms with Crippen LogP contribution in [0.2, 0.25) is 0 Å². The van der Waals surface area contributed by atoms with Crippen LogP contribution in [0.1, 0.15) is 12.2 Å². The molecule has 7 heteroatoms. The smallest absolute Gasteiger partial charge is 0.231 e. The molecule has 0 saturated carbocycles. The maximum absolute atomic E-state index is 12.3. The van der Waals surface area contributed by atoms with Crippen molar-refractivity contribution in [1.29, 1.82) is 0 Å². The van der Waals surface area contributed by atoms with E-state index in [0.717, 1.165) is 5.69 Å². The van der Waals surface area contributed by atoms with Crippen molar-refractivity contribution in [3.8, 4) is 5.75 Å². The minimum atomic E-state index is -0.425. The highest BCUT2D eigenvalue weighted by Gasteiger charge is 2.35. The SMILES string of the molecule is COc1cccc(N2C[C@H](C(=O)Nc3cc(C)on3)CC2=O)c1. The lowest BCUT2D eigenvalue weighted by atomic mass is 10.1. The molecule has 1 aromatic heterocycles. The molecule has 0 bridgehead atoms. The van der Waals surface area contributed by atoms with E-state index in [0.29, 0.717) is 23.9 Å². The molecule has 0 unspecified atom stereocenters. The van der Waals surface area contributed by atoms with Gasteiger partial charge >= 0.3 is 0 Å². The normalized spacial score (nSPS) is 17.4. The number of carbonyl (C=O) groups is 2. The second-order valence-corrected chi connectivity index (χ2v) is 5.42. The fraction of sp³-hybridized carbons (Fsp3) is 0.312. The molecular formula is C16H17N3O4. The Balaban J connectivity index is 1.70. The monoisotopic (exact) mass is 315 g/mol. The van der Waals surface area contributed by atoms with E-state index in [1.54, 1.807) is 37.1 Å². The van der Waals surface area contributed by atoms with E-state index >= 15 is 0 Å². The molecule has 0 radical (unpaired) electrons. The summed E-state index contributed by atoms with van der Waals surface area (Å²) >= 11 is 0. The van der Waals surface area contributed by atoms with Gasteiger partial charge in [0.05, 0.1) is 13.0 Å². The van der Waals surface area contributed by atoms with Crippen LogP contribution < -0.4 is 15.0 Å². The number of nitrogens with zero attached hydrogens (tertiary/aromatic N) is 2. The molecule has 1 aliphatic rings. The van der Waals surface area contributed by atoms with E-state index in [2.05, 4.69) is 10.5 Å². The number of aryl methyl sites for hydroxylation is 1. The second-order valence-electron chi connectivity index (χ2n) is 5.42. The molecule has 7 nitrogen and oxygen atoms in total. The van der Waals surface area contributed by atoms with Gasteiger partial charge in [0.15, 0.2) is 5.82 Å². The molecule has 1 saturated heterocycles. The predicted octanol–water partition coefficient (Wildman–Crippen LogP) is 1.98. The first-order chi connectivity index (χ1) is 11.1. The van der Waals surface area contributed by atoms with Crippen LogP contribution in [0, 0.1) is 12.8 Å². The molecule has 2 heterocycles. The maximum Gasteiger partial charge on any atom is 0.231 e. The number of rotatable bonds is 4. The number of hydrogen-bond donors (Lipinski definition) is 1. The average molecular weight is 315 g/mol. The summed E-state index contributed by atoms with van der Waals surface area (Å²) in [6.45, 7) is 2.07. The van der Waals surface area contributed by atoms with Gasteiger partial charge in [-0.3, -0.25) is 9.59 Å². The molecule has 2 aromatic rings. The molecule has 3 rings (SSSR count). The molecule has 23 heavy (non-hydrogen) atoms. The number of hydrogen-bond acceptors (Lipinski definition) is 5. The van der Waals surface area contributed by atoms with Crippen LogP contribution in [-0.4, -0.2) is 30.6 Å². The lowest BCUT2D eigenvalue weighted by Gasteiger charge is -2.17. The Morgan fingerprint density at radius 2 is 2.26 bits per heavy atom. The van der Waals surface area contributed by atoms with E-state index in [4.69, 9.17) is 9.26 Å². The predicted molar refractivity (Wildman–Crippen MR) is 83.3 cm³/mol. The van der Waals surface area contributed by atoms with E-state index in [9.17, 15) is 9.59 Å². The minimum absolute atomic E-state index is 0.0882. The van der Waals surface area contributed by atoms with Gasteiger partial charge < -0.3 is 19.5 Å². The standard InChI is InChI=1S/C16H17N3O4/c1-10-6-14(18-23-10)17-16(21)11-7-15(20)19(9-11)12-4-3-5-13(8-12)22-2/h3-6,8,11H,7,9H2,1-2H3,(H,17,18,21)/t11-/m1/s1. The van der Waals surface area contributed by atoms with Crippen molar-refractivity contribution in [2.75, 3.05) is 23.9 Å². The summed E-state index contributed by atoms with van der Waals surface area (Å²) in [6.07, 6.45) is 0.167. The Kier molecular flexibility index (Phi) is 4.01. The van der Waals surface area contributed by atoms with Crippen molar-refractivity contribution in [2.24, 2.45) is 5.92 Å². The highest BCUT2D eigenvalue weighted by atomic mass is 16.5. The number of anilines is 2. The highest BCUT2D eigenvalue weighted by molar-refractivity contribution is 6.03. The highest BCUT2D eigenvalue weighted by Crippen LogP contribution is 2.28. The first-order valence-electron chi connectivity index (χ1n) is 7.25. The van der Waals surface area contributed by atoms with Gasteiger partial charge in [-0.1, -0.05) is 11.2 Å². The number of methoxy groups -OCH3 is 1. The zero-order valence-electron chi connectivity index (χ0n) is 12.9. The second kappa shape index (κ2) is 6.12. The molecule has 120 valence electrons. The van der Waals surface area contributed by atoms with Crippen molar-refractivity contribution in [3.05, 3.63) is 36.1 Å². The first-order valence-corrected chi connectivity index (χ1v) is 7.25. The zero-order chi connectivity index (χ0) is 16.4. The molecular weight excluding hydrogens is 298 g/mol. The van der Waals surface area contributed by atoms with E-state index in [1.165, 1.54) is 0 Å². The van der Waals surface area contributed by atoms with Crippen molar-refractivity contribution in [1.82, 2.24) is 5.16 Å². The number of aromatic nitrogens is 1. The van der Waals surface area contributed by atoms with Gasteiger partial charge in [-0.2, -0.15) is 0 Å². The van der Waals surface area contributed by atoms with E-state index in [1.807, 2.05) is 12.1 Å². The van der Waals surface area contributed by atoms with Crippen LogP contribution >= 0.6 is 0 Å². The third-order valence-corrected chi connectivity index (χ3v) is 3.74. The average Bonchev–Trinajstić information content (AvgIpc) is 3.13. The molecule has 1 fully saturated rings. The van der Waals surface area contributed by atoms with Gasteiger partial charge in [0.25, 0.3) is 0 Å². The molecule has 1 aromatic carbocycles. The van der Waals surface area contributed by atoms with Crippen molar-refractivity contribution in [2.45, 2.75) is 13.3 Å². The van der Waals surface area contributed by atoms with Gasteiger partial charge in [0.2, 0.25) is 11.8 Å². The Labute approximate surface area is 133 Å². The van der Waals surface area contributed by atoms with Crippen LogP contribution in [-0.2, 0) is 9.59 Å². The van der Waals surface area contributed by atoms with E-state index in [-0.39, 0.29) is 18.2 Å². The maximum atomic E-state index is 12.3. The van der Waals surface area contributed by atoms with Gasteiger partial charge in [-0.05, 0) is 19.1 Å². The number of amides is 2. The number of nitrogens with one attached hydrogen (secondary N) is 1. The van der Waals surface area contributed by atoms with Gasteiger partial charge in [0, 0.05) is 30.8 Å². The Hall–Kier alpha value is -2.83. The zero-order valence-corrected chi connectivity index (χ0v) is 12.9. The lowest BCUT2D eigenvalue weighted by Crippen LogP contribution is -2.28. The fourth-order valence-electron chi connectivity index (χ4n) is 2.56. The molecule has 1 aliphatic heterocycles. The number of carbonyl (C=O) groups excluding carboxylic acids is 2. The topological polar surface area (TPSA) is 84.7 Å².